The van der Waals surface area contributed by atoms with E-state index in [0.29, 0.717) is 5.02 Å². The summed E-state index contributed by atoms with van der Waals surface area (Å²) in [6.45, 7) is 0. The second-order valence-corrected chi connectivity index (χ2v) is 7.41. The van der Waals surface area contributed by atoms with Crippen molar-refractivity contribution in [2.45, 2.75) is 11.2 Å². The normalized spacial score (nSPS) is 27.8. The second kappa shape index (κ2) is 4.23. The lowest BCUT2D eigenvalue weighted by atomic mass is 10.1. The highest BCUT2D eigenvalue weighted by atomic mass is 35.5. The minimum absolute atomic E-state index is 0.125. The van der Waals surface area contributed by atoms with E-state index in [9.17, 15) is 8.42 Å². The van der Waals surface area contributed by atoms with Crippen LogP contribution < -0.4 is 5.73 Å². The van der Waals surface area contributed by atoms with E-state index in [1.165, 1.54) is 6.26 Å². The van der Waals surface area contributed by atoms with Gasteiger partial charge >= 0.3 is 0 Å². The lowest BCUT2D eigenvalue weighted by Crippen LogP contribution is -2.16. The zero-order valence-corrected chi connectivity index (χ0v) is 11.5. The SMILES string of the molecule is CS(=O)(=O)[C@H]1[C@@H](C(N)=S)[C@@H]1c1ccc(Cl)cc1. The Bertz CT molecular complexity index is 553. The number of hydrogen-bond acceptors (Lipinski definition) is 3. The number of nitrogens with two attached hydrogens (primary N) is 1. The van der Waals surface area contributed by atoms with E-state index in [1.807, 2.05) is 12.1 Å². The summed E-state index contributed by atoms with van der Waals surface area (Å²) in [5, 5.41) is 0.137. The highest BCUT2D eigenvalue weighted by Crippen LogP contribution is 2.52. The monoisotopic (exact) mass is 289 g/mol. The van der Waals surface area contributed by atoms with E-state index in [2.05, 4.69) is 0 Å². The third-order valence-electron chi connectivity index (χ3n) is 3.03. The van der Waals surface area contributed by atoms with E-state index in [4.69, 9.17) is 29.6 Å². The first-order chi connectivity index (χ1) is 7.82. The Morgan fingerprint density at radius 2 is 1.88 bits per heavy atom. The molecule has 0 aromatic heterocycles. The Morgan fingerprint density at radius 1 is 1.35 bits per heavy atom. The van der Waals surface area contributed by atoms with Crippen molar-refractivity contribution in [3.63, 3.8) is 0 Å². The van der Waals surface area contributed by atoms with Crippen LogP contribution in [0.5, 0.6) is 0 Å². The third kappa shape index (κ3) is 2.46. The van der Waals surface area contributed by atoms with Crippen molar-refractivity contribution in [1.29, 1.82) is 0 Å². The Hall–Kier alpha value is -0.650. The average molecular weight is 290 g/mol. The predicted octanol–water partition coefficient (Wildman–Crippen LogP) is 1.75. The topological polar surface area (TPSA) is 60.2 Å². The van der Waals surface area contributed by atoms with Crippen molar-refractivity contribution >= 4 is 38.6 Å². The van der Waals surface area contributed by atoms with Gasteiger partial charge in [-0.15, -0.1) is 0 Å². The first-order valence-corrected chi connectivity index (χ1v) is 7.80. The third-order valence-corrected chi connectivity index (χ3v) is 5.13. The molecule has 92 valence electrons. The molecular weight excluding hydrogens is 278 g/mol. The van der Waals surface area contributed by atoms with Gasteiger partial charge in [-0.2, -0.15) is 0 Å². The molecule has 1 aromatic rings. The molecule has 6 heteroatoms. The summed E-state index contributed by atoms with van der Waals surface area (Å²) in [7, 11) is -3.13. The summed E-state index contributed by atoms with van der Waals surface area (Å²) in [5.41, 5.74) is 6.50. The zero-order chi connectivity index (χ0) is 12.8. The van der Waals surface area contributed by atoms with Crippen molar-refractivity contribution in [3.05, 3.63) is 34.9 Å². The van der Waals surface area contributed by atoms with Gasteiger partial charge in [0.1, 0.15) is 0 Å². The van der Waals surface area contributed by atoms with Gasteiger partial charge in [0, 0.05) is 23.1 Å². The molecule has 2 rings (SSSR count). The van der Waals surface area contributed by atoms with Gasteiger partial charge in [0.15, 0.2) is 9.84 Å². The fourth-order valence-corrected chi connectivity index (χ4v) is 4.36. The van der Waals surface area contributed by atoms with Crippen LogP contribution in [0.3, 0.4) is 0 Å². The molecule has 3 atom stereocenters. The van der Waals surface area contributed by atoms with Crippen LogP contribution in [-0.4, -0.2) is 24.9 Å². The van der Waals surface area contributed by atoms with Crippen LogP contribution >= 0.6 is 23.8 Å². The van der Waals surface area contributed by atoms with Crippen molar-refractivity contribution < 1.29 is 8.42 Å². The van der Waals surface area contributed by atoms with Crippen LogP contribution in [0.1, 0.15) is 11.5 Å². The number of sulfone groups is 1. The fourth-order valence-electron chi connectivity index (χ4n) is 2.24. The van der Waals surface area contributed by atoms with Gasteiger partial charge in [-0.25, -0.2) is 8.42 Å². The zero-order valence-electron chi connectivity index (χ0n) is 9.13. The van der Waals surface area contributed by atoms with E-state index in [-0.39, 0.29) is 16.8 Å². The smallest absolute Gasteiger partial charge is 0.151 e. The predicted molar refractivity (Wildman–Crippen MR) is 73.1 cm³/mol. The fraction of sp³-hybridized carbons (Fsp3) is 0.364. The minimum Gasteiger partial charge on any atom is -0.393 e. The van der Waals surface area contributed by atoms with Crippen molar-refractivity contribution in [3.8, 4) is 0 Å². The summed E-state index contributed by atoms with van der Waals surface area (Å²) >= 11 is 10.7. The molecule has 1 aliphatic carbocycles. The van der Waals surface area contributed by atoms with Gasteiger partial charge in [-0.05, 0) is 17.7 Å². The van der Waals surface area contributed by atoms with Gasteiger partial charge in [-0.3, -0.25) is 0 Å². The number of hydrogen-bond donors (Lipinski definition) is 1. The van der Waals surface area contributed by atoms with Crippen molar-refractivity contribution in [1.82, 2.24) is 0 Å². The summed E-state index contributed by atoms with van der Waals surface area (Å²) in [4.78, 5) is 0.264. The molecule has 0 radical (unpaired) electrons. The molecule has 0 aliphatic heterocycles. The Balaban J connectivity index is 2.34. The van der Waals surface area contributed by atoms with E-state index >= 15 is 0 Å². The summed E-state index contributed by atoms with van der Waals surface area (Å²) in [6, 6.07) is 7.13. The second-order valence-electron chi connectivity index (χ2n) is 4.30. The van der Waals surface area contributed by atoms with E-state index in [1.54, 1.807) is 12.1 Å². The highest BCUT2D eigenvalue weighted by molar-refractivity contribution is 7.91. The first-order valence-electron chi connectivity index (χ1n) is 5.06. The van der Waals surface area contributed by atoms with E-state index in [0.717, 1.165) is 5.56 Å². The Labute approximate surface area is 111 Å². The van der Waals surface area contributed by atoms with Crippen LogP contribution in [-0.2, 0) is 9.84 Å². The standard InChI is InChI=1S/C11H12ClNO2S2/c1-17(14,15)10-8(9(10)11(13)16)6-2-4-7(12)5-3-6/h2-5,8-10H,1H3,(H2,13,16)/t8-,9-,10+/m0/s1. The molecule has 1 aliphatic rings. The van der Waals surface area contributed by atoms with Crippen LogP contribution in [0.4, 0.5) is 0 Å². The first kappa shape index (κ1) is 12.8. The maximum atomic E-state index is 11.6. The lowest BCUT2D eigenvalue weighted by molar-refractivity contribution is 0.599. The van der Waals surface area contributed by atoms with Gasteiger partial charge in [0.25, 0.3) is 0 Å². The molecule has 0 bridgehead atoms. The number of benzene rings is 1. The van der Waals surface area contributed by atoms with Crippen LogP contribution in [0.25, 0.3) is 0 Å². The van der Waals surface area contributed by atoms with Crippen molar-refractivity contribution in [2.24, 2.45) is 11.7 Å². The molecule has 0 spiro atoms. The Kier molecular flexibility index (Phi) is 3.18. The van der Waals surface area contributed by atoms with Crippen LogP contribution in [0.2, 0.25) is 5.02 Å². The Morgan fingerprint density at radius 3 is 2.24 bits per heavy atom. The number of thiocarbonyl (C=S) groups is 1. The molecule has 3 nitrogen and oxygen atoms in total. The summed E-state index contributed by atoms with van der Waals surface area (Å²) in [5.74, 6) is -0.374. The average Bonchev–Trinajstić information content (AvgIpc) is 2.93. The largest absolute Gasteiger partial charge is 0.393 e. The molecule has 17 heavy (non-hydrogen) atoms. The molecule has 0 saturated heterocycles. The van der Waals surface area contributed by atoms with Gasteiger partial charge in [0.05, 0.1) is 10.2 Å². The quantitative estimate of drug-likeness (QED) is 0.861. The van der Waals surface area contributed by atoms with Gasteiger partial charge in [-0.1, -0.05) is 36.0 Å². The maximum Gasteiger partial charge on any atom is 0.151 e. The van der Waals surface area contributed by atoms with Gasteiger partial charge in [0.2, 0.25) is 0 Å². The number of rotatable bonds is 3. The molecule has 1 aromatic carbocycles. The summed E-state index contributed by atoms with van der Waals surface area (Å²) in [6.07, 6.45) is 1.22. The maximum absolute atomic E-state index is 11.6. The molecule has 2 N–H and O–H groups in total. The molecule has 1 fully saturated rings. The van der Waals surface area contributed by atoms with E-state index < -0.39 is 15.1 Å². The highest BCUT2D eigenvalue weighted by Gasteiger charge is 2.58. The van der Waals surface area contributed by atoms with Crippen LogP contribution in [0.15, 0.2) is 24.3 Å². The molecule has 1 saturated carbocycles. The minimum atomic E-state index is -3.13. The van der Waals surface area contributed by atoms with Gasteiger partial charge < -0.3 is 5.73 Å². The molecule has 0 unspecified atom stereocenters. The molecule has 0 amide bonds. The van der Waals surface area contributed by atoms with Crippen LogP contribution in [0, 0.1) is 5.92 Å². The molecular formula is C11H12ClNO2S2. The lowest BCUT2D eigenvalue weighted by Gasteiger charge is -1.99. The number of halogens is 1. The summed E-state index contributed by atoms with van der Waals surface area (Å²) < 4.78 is 23.2. The molecule has 0 heterocycles. The van der Waals surface area contributed by atoms with Crippen molar-refractivity contribution in [2.75, 3.05) is 6.26 Å².